The van der Waals surface area contributed by atoms with Crippen molar-refractivity contribution >= 4 is 21.4 Å². The minimum absolute atomic E-state index is 0.113. The van der Waals surface area contributed by atoms with Gasteiger partial charge in [0.15, 0.2) is 5.82 Å². The quantitative estimate of drug-likeness (QED) is 0.774. The molecular formula is C15H19N7OS. The van der Waals surface area contributed by atoms with Gasteiger partial charge >= 0.3 is 0 Å². The van der Waals surface area contributed by atoms with Gasteiger partial charge in [0, 0.05) is 30.8 Å². The van der Waals surface area contributed by atoms with Gasteiger partial charge in [-0.1, -0.05) is 18.3 Å². The third-order valence-corrected chi connectivity index (χ3v) is 5.29. The molecule has 3 aromatic heterocycles. The monoisotopic (exact) mass is 345 g/mol. The Kier molecular flexibility index (Phi) is 3.79. The lowest BCUT2D eigenvalue weighted by Gasteiger charge is -2.30. The van der Waals surface area contributed by atoms with Crippen molar-refractivity contribution in [3.8, 4) is 0 Å². The summed E-state index contributed by atoms with van der Waals surface area (Å²) in [7, 11) is 0. The van der Waals surface area contributed by atoms with Crippen molar-refractivity contribution in [3.05, 3.63) is 33.8 Å². The summed E-state index contributed by atoms with van der Waals surface area (Å²) in [5.41, 5.74) is 0.695. The molecule has 0 bridgehead atoms. The maximum atomic E-state index is 12.2. The normalized spacial score (nSPS) is 18.4. The average molecular weight is 345 g/mol. The lowest BCUT2D eigenvalue weighted by atomic mass is 9.98. The number of rotatable bonds is 3. The molecule has 1 aliphatic rings. The fourth-order valence-corrected chi connectivity index (χ4v) is 4.02. The first-order chi connectivity index (χ1) is 11.6. The van der Waals surface area contributed by atoms with E-state index >= 15 is 0 Å². The number of hydrogen-bond acceptors (Lipinski definition) is 7. The van der Waals surface area contributed by atoms with Crippen LogP contribution in [0.15, 0.2) is 10.9 Å². The highest BCUT2D eigenvalue weighted by Gasteiger charge is 2.26. The van der Waals surface area contributed by atoms with E-state index in [-0.39, 0.29) is 11.5 Å². The molecule has 1 fully saturated rings. The summed E-state index contributed by atoms with van der Waals surface area (Å²) in [6.07, 6.45) is 2.86. The second-order valence-electron chi connectivity index (χ2n) is 6.08. The highest BCUT2D eigenvalue weighted by Crippen LogP contribution is 2.30. The number of anilines is 1. The molecule has 0 amide bonds. The van der Waals surface area contributed by atoms with Gasteiger partial charge in [0.2, 0.25) is 10.1 Å². The first kappa shape index (κ1) is 15.3. The van der Waals surface area contributed by atoms with Gasteiger partial charge in [-0.05, 0) is 26.2 Å². The lowest BCUT2D eigenvalue weighted by Crippen LogP contribution is -2.35. The van der Waals surface area contributed by atoms with Gasteiger partial charge < -0.3 is 4.90 Å². The van der Waals surface area contributed by atoms with Crippen LogP contribution >= 0.6 is 11.3 Å². The third kappa shape index (κ3) is 2.68. The summed E-state index contributed by atoms with van der Waals surface area (Å²) >= 11 is 1.47. The molecule has 24 heavy (non-hydrogen) atoms. The van der Waals surface area contributed by atoms with Crippen LogP contribution in [0.5, 0.6) is 0 Å². The number of piperidine rings is 1. The Balaban J connectivity index is 1.64. The second-order valence-corrected chi connectivity index (χ2v) is 7.02. The van der Waals surface area contributed by atoms with Gasteiger partial charge in [-0.25, -0.2) is 9.97 Å². The van der Waals surface area contributed by atoms with E-state index in [0.717, 1.165) is 54.8 Å². The van der Waals surface area contributed by atoms with Crippen molar-refractivity contribution in [2.45, 2.75) is 39.0 Å². The van der Waals surface area contributed by atoms with Crippen LogP contribution in [0.25, 0.3) is 4.96 Å². The predicted molar refractivity (Wildman–Crippen MR) is 91.8 cm³/mol. The van der Waals surface area contributed by atoms with E-state index in [1.54, 1.807) is 6.07 Å². The van der Waals surface area contributed by atoms with Crippen molar-refractivity contribution in [1.82, 2.24) is 29.8 Å². The first-order valence-corrected chi connectivity index (χ1v) is 8.99. The zero-order valence-electron chi connectivity index (χ0n) is 13.7. The number of fused-ring (bicyclic) bond motifs is 1. The predicted octanol–water partition coefficient (Wildman–Crippen LogP) is 1.52. The van der Waals surface area contributed by atoms with E-state index in [4.69, 9.17) is 0 Å². The number of H-pyrrole nitrogens is 1. The minimum atomic E-state index is -0.113. The van der Waals surface area contributed by atoms with Crippen molar-refractivity contribution in [2.24, 2.45) is 0 Å². The Labute approximate surface area is 142 Å². The Hall–Kier alpha value is -2.29. The van der Waals surface area contributed by atoms with E-state index in [1.165, 1.54) is 15.9 Å². The fourth-order valence-electron chi connectivity index (χ4n) is 3.06. The number of aryl methyl sites for hydroxylation is 2. The molecule has 126 valence electrons. The molecule has 1 atom stereocenters. The van der Waals surface area contributed by atoms with E-state index in [2.05, 4.69) is 30.2 Å². The van der Waals surface area contributed by atoms with Gasteiger partial charge in [-0.3, -0.25) is 9.89 Å². The molecule has 0 spiro atoms. The number of aromatic nitrogens is 6. The molecular weight excluding hydrogens is 326 g/mol. The summed E-state index contributed by atoms with van der Waals surface area (Å²) in [5.74, 6) is 1.98. The fraction of sp³-hybridized carbons (Fsp3) is 0.533. The average Bonchev–Trinajstić information content (AvgIpc) is 3.21. The molecule has 0 aromatic carbocycles. The summed E-state index contributed by atoms with van der Waals surface area (Å²) in [6.45, 7) is 5.64. The Morgan fingerprint density at radius 2 is 2.29 bits per heavy atom. The SMILES string of the molecule is CCc1cc(=O)n2nc(N3CCCC(c4n[nH]c(C)n4)C3)sc2n1. The summed E-state index contributed by atoms with van der Waals surface area (Å²) in [4.78, 5) is 24.0. The van der Waals surface area contributed by atoms with Crippen LogP contribution in [0.4, 0.5) is 5.13 Å². The number of nitrogens with zero attached hydrogens (tertiary/aromatic N) is 6. The Morgan fingerprint density at radius 1 is 1.42 bits per heavy atom. The van der Waals surface area contributed by atoms with Crippen LogP contribution in [0, 0.1) is 6.92 Å². The molecule has 3 aromatic rings. The van der Waals surface area contributed by atoms with Crippen LogP contribution in [-0.4, -0.2) is 42.9 Å². The number of aromatic amines is 1. The standard InChI is InChI=1S/C15H19N7OS/c1-3-11-7-12(23)22-14(17-11)24-15(20-22)21-6-4-5-10(8-21)13-16-9(2)18-19-13/h7,10H,3-6,8H2,1-2H3,(H,16,18,19). The molecule has 9 heteroatoms. The summed E-state index contributed by atoms with van der Waals surface area (Å²) in [5, 5.41) is 12.5. The topological polar surface area (TPSA) is 92.1 Å². The van der Waals surface area contributed by atoms with Crippen LogP contribution in [-0.2, 0) is 6.42 Å². The van der Waals surface area contributed by atoms with Crippen molar-refractivity contribution in [2.75, 3.05) is 18.0 Å². The van der Waals surface area contributed by atoms with E-state index < -0.39 is 0 Å². The zero-order chi connectivity index (χ0) is 16.7. The van der Waals surface area contributed by atoms with E-state index in [1.807, 2.05) is 13.8 Å². The zero-order valence-corrected chi connectivity index (χ0v) is 14.5. The minimum Gasteiger partial charge on any atom is -0.346 e. The van der Waals surface area contributed by atoms with Crippen molar-refractivity contribution < 1.29 is 0 Å². The molecule has 0 saturated carbocycles. The van der Waals surface area contributed by atoms with E-state index in [9.17, 15) is 4.79 Å². The lowest BCUT2D eigenvalue weighted by molar-refractivity contribution is 0.490. The summed E-state index contributed by atoms with van der Waals surface area (Å²) in [6, 6.07) is 1.56. The van der Waals surface area contributed by atoms with Crippen LogP contribution in [0.2, 0.25) is 0 Å². The second kappa shape index (κ2) is 5.97. The van der Waals surface area contributed by atoms with E-state index in [0.29, 0.717) is 4.96 Å². The van der Waals surface area contributed by atoms with Crippen LogP contribution < -0.4 is 10.5 Å². The molecule has 1 N–H and O–H groups in total. The molecule has 1 saturated heterocycles. The molecule has 0 aliphatic carbocycles. The summed E-state index contributed by atoms with van der Waals surface area (Å²) < 4.78 is 1.40. The van der Waals surface area contributed by atoms with Gasteiger partial charge in [-0.15, -0.1) is 5.10 Å². The molecule has 4 rings (SSSR count). The first-order valence-electron chi connectivity index (χ1n) is 8.17. The van der Waals surface area contributed by atoms with Gasteiger partial charge in [0.25, 0.3) is 5.56 Å². The van der Waals surface area contributed by atoms with Crippen LogP contribution in [0.3, 0.4) is 0 Å². The largest absolute Gasteiger partial charge is 0.346 e. The van der Waals surface area contributed by atoms with Crippen molar-refractivity contribution in [1.29, 1.82) is 0 Å². The molecule has 8 nitrogen and oxygen atoms in total. The van der Waals surface area contributed by atoms with Gasteiger partial charge in [-0.2, -0.15) is 9.61 Å². The Bertz CT molecular complexity index is 927. The maximum Gasteiger partial charge on any atom is 0.275 e. The highest BCUT2D eigenvalue weighted by molar-refractivity contribution is 7.20. The van der Waals surface area contributed by atoms with Gasteiger partial charge in [0.1, 0.15) is 5.82 Å². The smallest absolute Gasteiger partial charge is 0.275 e. The molecule has 1 aliphatic heterocycles. The highest BCUT2D eigenvalue weighted by atomic mass is 32.1. The maximum absolute atomic E-state index is 12.2. The van der Waals surface area contributed by atoms with Crippen LogP contribution in [0.1, 0.15) is 43.0 Å². The van der Waals surface area contributed by atoms with Crippen molar-refractivity contribution in [3.63, 3.8) is 0 Å². The van der Waals surface area contributed by atoms with Gasteiger partial charge in [0.05, 0.1) is 0 Å². The third-order valence-electron chi connectivity index (χ3n) is 4.32. The molecule has 0 radical (unpaired) electrons. The Morgan fingerprint density at radius 3 is 3.04 bits per heavy atom. The number of nitrogens with one attached hydrogen (secondary N) is 1. The number of hydrogen-bond donors (Lipinski definition) is 1. The molecule has 4 heterocycles. The molecule has 1 unspecified atom stereocenters.